The largest absolute Gasteiger partial charge is 0.496 e. The Hall–Kier alpha value is -0.650. The summed E-state index contributed by atoms with van der Waals surface area (Å²) in [5.41, 5.74) is 0.326. The Bertz CT molecular complexity index is 331. The standard InChI is InChI=1S/C9H11BrFNO2/c1-12(13)5-6-8(14-2)4-3-7(10)9(6)11/h3-4,13H,5H2,1-2H3. The summed E-state index contributed by atoms with van der Waals surface area (Å²) in [4.78, 5) is 0. The minimum absolute atomic E-state index is 0.0778. The van der Waals surface area contributed by atoms with E-state index in [0.29, 0.717) is 15.8 Å². The van der Waals surface area contributed by atoms with Crippen LogP contribution in [-0.2, 0) is 6.54 Å². The lowest BCUT2D eigenvalue weighted by Gasteiger charge is -2.13. The van der Waals surface area contributed by atoms with E-state index in [4.69, 9.17) is 9.94 Å². The van der Waals surface area contributed by atoms with Crippen molar-refractivity contribution in [3.8, 4) is 5.75 Å². The molecule has 0 aliphatic carbocycles. The van der Waals surface area contributed by atoms with Crippen LogP contribution in [-0.4, -0.2) is 24.4 Å². The van der Waals surface area contributed by atoms with Crippen molar-refractivity contribution >= 4 is 15.9 Å². The second-order valence-electron chi connectivity index (χ2n) is 2.86. The highest BCUT2D eigenvalue weighted by Gasteiger charge is 2.13. The third-order valence-electron chi connectivity index (χ3n) is 1.76. The summed E-state index contributed by atoms with van der Waals surface area (Å²) >= 11 is 3.07. The van der Waals surface area contributed by atoms with Gasteiger partial charge in [-0.05, 0) is 28.1 Å². The lowest BCUT2D eigenvalue weighted by molar-refractivity contribution is -0.0742. The SMILES string of the molecule is COc1ccc(Br)c(F)c1CN(C)O. The zero-order valence-corrected chi connectivity index (χ0v) is 9.51. The number of rotatable bonds is 3. The van der Waals surface area contributed by atoms with Gasteiger partial charge in [-0.2, -0.15) is 5.06 Å². The average molecular weight is 264 g/mol. The van der Waals surface area contributed by atoms with Crippen LogP contribution in [0.25, 0.3) is 0 Å². The number of hydroxylamine groups is 2. The van der Waals surface area contributed by atoms with Crippen LogP contribution in [0.15, 0.2) is 16.6 Å². The molecular formula is C9H11BrFNO2. The molecule has 0 fully saturated rings. The summed E-state index contributed by atoms with van der Waals surface area (Å²) in [6.45, 7) is 0.0778. The van der Waals surface area contributed by atoms with E-state index in [0.717, 1.165) is 5.06 Å². The van der Waals surface area contributed by atoms with Crippen molar-refractivity contribution < 1.29 is 14.3 Å². The van der Waals surface area contributed by atoms with E-state index < -0.39 is 5.82 Å². The van der Waals surface area contributed by atoms with Crippen LogP contribution in [0.1, 0.15) is 5.56 Å². The zero-order valence-electron chi connectivity index (χ0n) is 7.92. The lowest BCUT2D eigenvalue weighted by Crippen LogP contribution is -2.14. The molecule has 0 aliphatic rings. The molecule has 1 aromatic rings. The van der Waals surface area contributed by atoms with E-state index >= 15 is 0 Å². The maximum Gasteiger partial charge on any atom is 0.145 e. The number of ether oxygens (including phenoxy) is 1. The molecule has 1 rings (SSSR count). The Morgan fingerprint density at radius 1 is 1.57 bits per heavy atom. The van der Waals surface area contributed by atoms with Crippen LogP contribution in [0.2, 0.25) is 0 Å². The fourth-order valence-electron chi connectivity index (χ4n) is 1.14. The van der Waals surface area contributed by atoms with Crippen molar-refractivity contribution in [1.82, 2.24) is 5.06 Å². The smallest absolute Gasteiger partial charge is 0.145 e. The fraction of sp³-hybridized carbons (Fsp3) is 0.333. The van der Waals surface area contributed by atoms with E-state index in [2.05, 4.69) is 15.9 Å². The van der Waals surface area contributed by atoms with E-state index in [-0.39, 0.29) is 6.54 Å². The molecule has 0 amide bonds. The Morgan fingerprint density at radius 3 is 2.71 bits per heavy atom. The first kappa shape index (κ1) is 11.4. The summed E-state index contributed by atoms with van der Waals surface area (Å²) in [5, 5.41) is 9.93. The predicted molar refractivity (Wildman–Crippen MR) is 53.9 cm³/mol. The van der Waals surface area contributed by atoms with Crippen molar-refractivity contribution in [3.63, 3.8) is 0 Å². The van der Waals surface area contributed by atoms with Gasteiger partial charge in [0, 0.05) is 12.6 Å². The summed E-state index contributed by atoms with van der Waals surface area (Å²) in [6, 6.07) is 3.21. The summed E-state index contributed by atoms with van der Waals surface area (Å²) < 4.78 is 18.9. The Kier molecular flexibility index (Phi) is 3.86. The van der Waals surface area contributed by atoms with Gasteiger partial charge in [-0.3, -0.25) is 0 Å². The quantitative estimate of drug-likeness (QED) is 0.851. The van der Waals surface area contributed by atoms with Gasteiger partial charge in [0.1, 0.15) is 11.6 Å². The van der Waals surface area contributed by atoms with Crippen molar-refractivity contribution in [2.45, 2.75) is 6.54 Å². The molecule has 3 nitrogen and oxygen atoms in total. The molecule has 0 aromatic heterocycles. The number of benzene rings is 1. The first-order valence-corrected chi connectivity index (χ1v) is 4.76. The first-order chi connectivity index (χ1) is 6.56. The Labute approximate surface area is 90.2 Å². The highest BCUT2D eigenvalue weighted by molar-refractivity contribution is 9.10. The normalized spacial score (nSPS) is 10.7. The molecule has 0 saturated carbocycles. The van der Waals surface area contributed by atoms with E-state index in [1.807, 2.05) is 0 Å². The van der Waals surface area contributed by atoms with Crippen LogP contribution >= 0.6 is 15.9 Å². The molecule has 0 spiro atoms. The average Bonchev–Trinajstić information content (AvgIpc) is 2.13. The van der Waals surface area contributed by atoms with Gasteiger partial charge in [-0.1, -0.05) is 0 Å². The van der Waals surface area contributed by atoms with E-state index in [9.17, 15) is 4.39 Å². The molecule has 1 N–H and O–H groups in total. The number of hydrogen-bond acceptors (Lipinski definition) is 3. The molecule has 0 heterocycles. The monoisotopic (exact) mass is 263 g/mol. The van der Waals surface area contributed by atoms with Gasteiger partial charge < -0.3 is 9.94 Å². The highest BCUT2D eigenvalue weighted by Crippen LogP contribution is 2.28. The van der Waals surface area contributed by atoms with E-state index in [1.165, 1.54) is 14.2 Å². The minimum Gasteiger partial charge on any atom is -0.496 e. The van der Waals surface area contributed by atoms with Crippen LogP contribution in [0.4, 0.5) is 4.39 Å². The topological polar surface area (TPSA) is 32.7 Å². The second-order valence-corrected chi connectivity index (χ2v) is 3.71. The number of methoxy groups -OCH3 is 1. The number of halogens is 2. The summed E-state index contributed by atoms with van der Waals surface area (Å²) in [6.07, 6.45) is 0. The van der Waals surface area contributed by atoms with Crippen LogP contribution in [0.5, 0.6) is 5.75 Å². The molecule has 5 heteroatoms. The van der Waals surface area contributed by atoms with Crippen LogP contribution in [0.3, 0.4) is 0 Å². The van der Waals surface area contributed by atoms with Gasteiger partial charge >= 0.3 is 0 Å². The Balaban J connectivity index is 3.14. The molecule has 0 saturated heterocycles. The van der Waals surface area contributed by atoms with Gasteiger partial charge in [-0.15, -0.1) is 0 Å². The molecule has 0 unspecified atom stereocenters. The van der Waals surface area contributed by atoms with Gasteiger partial charge in [0.2, 0.25) is 0 Å². The van der Waals surface area contributed by atoms with E-state index in [1.54, 1.807) is 12.1 Å². The molecule has 1 aromatic carbocycles. The number of nitrogens with zero attached hydrogens (tertiary/aromatic N) is 1. The molecule has 78 valence electrons. The van der Waals surface area contributed by atoms with Gasteiger partial charge in [0.15, 0.2) is 0 Å². The summed E-state index contributed by atoms with van der Waals surface area (Å²) in [5.74, 6) is 0.0110. The third-order valence-corrected chi connectivity index (χ3v) is 2.37. The molecule has 0 bridgehead atoms. The van der Waals surface area contributed by atoms with Crippen molar-refractivity contribution in [2.75, 3.05) is 14.2 Å². The lowest BCUT2D eigenvalue weighted by atomic mass is 10.2. The van der Waals surface area contributed by atoms with Gasteiger partial charge in [0.25, 0.3) is 0 Å². The highest BCUT2D eigenvalue weighted by atomic mass is 79.9. The van der Waals surface area contributed by atoms with Crippen molar-refractivity contribution in [1.29, 1.82) is 0 Å². The molecule has 14 heavy (non-hydrogen) atoms. The van der Waals surface area contributed by atoms with Gasteiger partial charge in [0.05, 0.1) is 18.1 Å². The van der Waals surface area contributed by atoms with Crippen molar-refractivity contribution in [3.05, 3.63) is 28.0 Å². The third kappa shape index (κ3) is 2.43. The number of hydrogen-bond donors (Lipinski definition) is 1. The molecular weight excluding hydrogens is 253 g/mol. The van der Waals surface area contributed by atoms with Crippen LogP contribution in [0, 0.1) is 5.82 Å². The summed E-state index contributed by atoms with van der Waals surface area (Å²) in [7, 11) is 2.91. The maximum absolute atomic E-state index is 13.5. The first-order valence-electron chi connectivity index (χ1n) is 3.97. The molecule has 0 aliphatic heterocycles. The van der Waals surface area contributed by atoms with Gasteiger partial charge in [-0.25, -0.2) is 4.39 Å². The maximum atomic E-state index is 13.5. The second kappa shape index (κ2) is 4.72. The molecule has 0 atom stereocenters. The molecule has 0 radical (unpaired) electrons. The van der Waals surface area contributed by atoms with Crippen LogP contribution < -0.4 is 4.74 Å². The fourth-order valence-corrected chi connectivity index (χ4v) is 1.51. The van der Waals surface area contributed by atoms with Crippen molar-refractivity contribution in [2.24, 2.45) is 0 Å². The zero-order chi connectivity index (χ0) is 10.7. The predicted octanol–water partition coefficient (Wildman–Crippen LogP) is 2.42. The Morgan fingerprint density at radius 2 is 2.21 bits per heavy atom. The minimum atomic E-state index is -0.412.